The maximum absolute atomic E-state index is 12.7. The van der Waals surface area contributed by atoms with E-state index in [1.165, 1.54) is 0 Å². The number of carbonyl (C=O) groups excluding carboxylic acids is 1. The molecule has 0 unspecified atom stereocenters. The predicted molar refractivity (Wildman–Crippen MR) is 105 cm³/mol. The third kappa shape index (κ3) is 3.49. The second-order valence-corrected chi connectivity index (χ2v) is 6.92. The number of likely N-dealkylation sites (N-methyl/N-ethyl adjacent to an activating group) is 1. The molecule has 3 rings (SSSR count). The fourth-order valence-corrected chi connectivity index (χ4v) is 3.49. The van der Waals surface area contributed by atoms with Crippen LogP contribution in [0, 0.1) is 13.8 Å². The number of amides is 1. The van der Waals surface area contributed by atoms with E-state index in [1.54, 1.807) is 13.2 Å². The number of furan rings is 1. The summed E-state index contributed by atoms with van der Waals surface area (Å²) < 4.78 is 11.3. The van der Waals surface area contributed by atoms with Crippen molar-refractivity contribution in [1.82, 2.24) is 9.80 Å². The Morgan fingerprint density at radius 2 is 1.92 bits per heavy atom. The van der Waals surface area contributed by atoms with Gasteiger partial charge >= 0.3 is 0 Å². The molecule has 1 fully saturated rings. The van der Waals surface area contributed by atoms with Crippen molar-refractivity contribution >= 4 is 22.4 Å². The Morgan fingerprint density at radius 3 is 2.54 bits per heavy atom. The van der Waals surface area contributed by atoms with Crippen LogP contribution in [-0.4, -0.2) is 55.5 Å². The molecule has 1 aliphatic heterocycles. The van der Waals surface area contributed by atoms with Crippen molar-refractivity contribution in [2.45, 2.75) is 27.7 Å². The van der Waals surface area contributed by atoms with Gasteiger partial charge in [0.1, 0.15) is 17.1 Å². The smallest absolute Gasteiger partial charge is 0.246 e. The molecule has 0 N–H and O–H groups in total. The van der Waals surface area contributed by atoms with Gasteiger partial charge in [0.15, 0.2) is 0 Å². The lowest BCUT2D eigenvalue weighted by Gasteiger charge is -2.33. The second kappa shape index (κ2) is 7.54. The van der Waals surface area contributed by atoms with Gasteiger partial charge in [-0.25, -0.2) is 0 Å². The molecule has 0 aliphatic carbocycles. The van der Waals surface area contributed by atoms with E-state index in [0.29, 0.717) is 0 Å². The van der Waals surface area contributed by atoms with Crippen LogP contribution in [-0.2, 0) is 4.79 Å². The van der Waals surface area contributed by atoms with Crippen LogP contribution in [0.1, 0.15) is 30.7 Å². The van der Waals surface area contributed by atoms with Crippen LogP contribution < -0.4 is 4.74 Å². The van der Waals surface area contributed by atoms with Gasteiger partial charge in [-0.2, -0.15) is 0 Å². The normalized spacial score (nSPS) is 16.3. The maximum atomic E-state index is 12.7. The number of carbonyl (C=O) groups is 1. The molecule has 0 atom stereocenters. The van der Waals surface area contributed by atoms with Gasteiger partial charge in [0.05, 0.1) is 7.11 Å². The zero-order valence-corrected chi connectivity index (χ0v) is 16.4. The van der Waals surface area contributed by atoms with Gasteiger partial charge in [0.2, 0.25) is 5.91 Å². The summed E-state index contributed by atoms with van der Waals surface area (Å²) in [5, 5.41) is 1.06. The Kier molecular flexibility index (Phi) is 5.37. The van der Waals surface area contributed by atoms with Crippen LogP contribution in [0.3, 0.4) is 0 Å². The molecule has 1 amide bonds. The minimum atomic E-state index is 0.0699. The van der Waals surface area contributed by atoms with Crippen LogP contribution >= 0.6 is 0 Å². The van der Waals surface area contributed by atoms with Crippen LogP contribution in [0.2, 0.25) is 0 Å². The lowest BCUT2D eigenvalue weighted by atomic mass is 10.0. The Morgan fingerprint density at radius 1 is 1.23 bits per heavy atom. The van der Waals surface area contributed by atoms with Crippen LogP contribution in [0.5, 0.6) is 5.75 Å². The number of fused-ring (bicyclic) bond motifs is 1. The number of hydrogen-bond donors (Lipinski definition) is 0. The third-order valence-corrected chi connectivity index (χ3v) is 5.39. The van der Waals surface area contributed by atoms with E-state index >= 15 is 0 Å². The molecule has 5 nitrogen and oxygen atoms in total. The van der Waals surface area contributed by atoms with E-state index < -0.39 is 0 Å². The summed E-state index contributed by atoms with van der Waals surface area (Å²) in [6.45, 7) is 12.6. The predicted octanol–water partition coefficient (Wildman–Crippen LogP) is 3.63. The fraction of sp³-hybridized carbons (Fsp3) is 0.476. The molecule has 0 bridgehead atoms. The molecule has 0 radical (unpaired) electrons. The zero-order chi connectivity index (χ0) is 18.8. The van der Waals surface area contributed by atoms with E-state index in [4.69, 9.17) is 9.15 Å². The largest absolute Gasteiger partial charge is 0.496 e. The monoisotopic (exact) mass is 356 g/mol. The maximum Gasteiger partial charge on any atom is 0.246 e. The number of benzene rings is 1. The number of hydrogen-bond acceptors (Lipinski definition) is 4. The molecule has 2 aromatic rings. The highest BCUT2D eigenvalue weighted by Crippen LogP contribution is 2.34. The lowest BCUT2D eigenvalue weighted by Crippen LogP contribution is -2.48. The average Bonchev–Trinajstić information content (AvgIpc) is 2.94. The van der Waals surface area contributed by atoms with Gasteiger partial charge in [0, 0.05) is 49.3 Å². The first kappa shape index (κ1) is 18.5. The quantitative estimate of drug-likeness (QED) is 0.785. The highest BCUT2D eigenvalue weighted by molar-refractivity contribution is 5.97. The van der Waals surface area contributed by atoms with Crippen molar-refractivity contribution in [3.63, 3.8) is 0 Å². The minimum Gasteiger partial charge on any atom is -0.496 e. The molecule has 0 spiro atoms. The first-order valence-electron chi connectivity index (χ1n) is 9.22. The zero-order valence-electron chi connectivity index (χ0n) is 16.4. The average molecular weight is 356 g/mol. The topological polar surface area (TPSA) is 45.9 Å². The molecule has 5 heteroatoms. The third-order valence-electron chi connectivity index (χ3n) is 5.39. The number of ether oxygens (including phenoxy) is 1. The van der Waals surface area contributed by atoms with Crippen LogP contribution in [0.25, 0.3) is 16.5 Å². The number of nitrogens with zero attached hydrogens (tertiary/aromatic N) is 2. The van der Waals surface area contributed by atoms with Crippen molar-refractivity contribution in [2.24, 2.45) is 0 Å². The molecule has 1 saturated heterocycles. The summed E-state index contributed by atoms with van der Waals surface area (Å²) in [4.78, 5) is 17.0. The first-order valence-corrected chi connectivity index (χ1v) is 9.22. The molecule has 2 heterocycles. The summed E-state index contributed by atoms with van der Waals surface area (Å²) in [6, 6.07) is 3.97. The van der Waals surface area contributed by atoms with Crippen molar-refractivity contribution < 1.29 is 13.9 Å². The van der Waals surface area contributed by atoms with Crippen molar-refractivity contribution in [3.8, 4) is 5.75 Å². The number of rotatable bonds is 4. The Balaban J connectivity index is 1.88. The van der Waals surface area contributed by atoms with Crippen molar-refractivity contribution in [1.29, 1.82) is 0 Å². The standard InChI is InChI=1S/C21H28N2O3/c1-6-22-7-9-23(10-8-22)21(24)11-14(2)17-12-18-15(3)16(4)26-20(18)13-19(17)25-5/h11-13H,6-10H2,1-5H3/b14-11+. The summed E-state index contributed by atoms with van der Waals surface area (Å²) in [7, 11) is 1.65. The van der Waals surface area contributed by atoms with Gasteiger partial charge in [-0.15, -0.1) is 0 Å². The van der Waals surface area contributed by atoms with Crippen LogP contribution in [0.4, 0.5) is 0 Å². The molecular formula is C21H28N2O3. The van der Waals surface area contributed by atoms with E-state index in [1.807, 2.05) is 24.8 Å². The molecule has 1 aliphatic rings. The summed E-state index contributed by atoms with van der Waals surface area (Å²) >= 11 is 0. The van der Waals surface area contributed by atoms with Gasteiger partial charge in [-0.05, 0) is 44.5 Å². The van der Waals surface area contributed by atoms with Crippen molar-refractivity contribution in [3.05, 3.63) is 35.1 Å². The molecule has 26 heavy (non-hydrogen) atoms. The van der Waals surface area contributed by atoms with Crippen LogP contribution in [0.15, 0.2) is 22.6 Å². The first-order chi connectivity index (χ1) is 12.4. The van der Waals surface area contributed by atoms with E-state index in [9.17, 15) is 4.79 Å². The minimum absolute atomic E-state index is 0.0699. The highest BCUT2D eigenvalue weighted by Gasteiger charge is 2.20. The summed E-state index contributed by atoms with van der Waals surface area (Å²) in [5.41, 5.74) is 3.78. The molecule has 0 saturated carbocycles. The summed E-state index contributed by atoms with van der Waals surface area (Å²) in [6.07, 6.45) is 1.73. The fourth-order valence-electron chi connectivity index (χ4n) is 3.49. The second-order valence-electron chi connectivity index (χ2n) is 6.92. The van der Waals surface area contributed by atoms with Gasteiger partial charge in [-0.1, -0.05) is 6.92 Å². The van der Waals surface area contributed by atoms with E-state index in [2.05, 4.69) is 24.8 Å². The van der Waals surface area contributed by atoms with Gasteiger partial charge in [0.25, 0.3) is 0 Å². The van der Waals surface area contributed by atoms with E-state index in [0.717, 1.165) is 71.9 Å². The molecule has 1 aromatic carbocycles. The number of allylic oxidation sites excluding steroid dienone is 1. The Hall–Kier alpha value is -2.27. The van der Waals surface area contributed by atoms with Crippen molar-refractivity contribution in [2.75, 3.05) is 39.8 Å². The number of piperazine rings is 1. The van der Waals surface area contributed by atoms with Gasteiger partial charge < -0.3 is 19.0 Å². The number of methoxy groups -OCH3 is 1. The Bertz CT molecular complexity index is 843. The van der Waals surface area contributed by atoms with Gasteiger partial charge in [-0.3, -0.25) is 4.79 Å². The lowest BCUT2D eigenvalue weighted by molar-refractivity contribution is -0.127. The SMILES string of the molecule is CCN1CCN(C(=O)/C=C(\C)c2cc3c(C)c(C)oc3cc2OC)CC1. The Labute approximate surface area is 155 Å². The highest BCUT2D eigenvalue weighted by atomic mass is 16.5. The summed E-state index contributed by atoms with van der Waals surface area (Å²) in [5.74, 6) is 1.70. The van der Waals surface area contributed by atoms with E-state index in [-0.39, 0.29) is 5.91 Å². The molecule has 1 aromatic heterocycles. The number of aryl methyl sites for hydroxylation is 2. The molecule has 140 valence electrons. The molecular weight excluding hydrogens is 328 g/mol.